The van der Waals surface area contributed by atoms with E-state index >= 15 is 0 Å². The van der Waals surface area contributed by atoms with Crippen molar-refractivity contribution in [2.45, 2.75) is 31.7 Å². The van der Waals surface area contributed by atoms with Gasteiger partial charge in [0.2, 0.25) is 0 Å². The van der Waals surface area contributed by atoms with E-state index in [1.54, 1.807) is 4.31 Å². The molecule has 0 bridgehead atoms. The van der Waals surface area contributed by atoms with Gasteiger partial charge in [0, 0.05) is 11.6 Å². The Morgan fingerprint density at radius 1 is 1.12 bits per heavy atom. The van der Waals surface area contributed by atoms with Gasteiger partial charge in [-0.1, -0.05) is 64.9 Å². The van der Waals surface area contributed by atoms with Crippen LogP contribution in [0.2, 0.25) is 0 Å². The molecule has 0 saturated carbocycles. The normalized spacial score (nSPS) is 27.0. The van der Waals surface area contributed by atoms with Gasteiger partial charge in [0.05, 0.1) is 25.7 Å². The highest BCUT2D eigenvalue weighted by atomic mass is 32.3. The molecular weight excluding hydrogens is 334 g/mol. The molecule has 5 heteroatoms. The van der Waals surface area contributed by atoms with Crippen LogP contribution in [0.1, 0.15) is 30.2 Å². The van der Waals surface area contributed by atoms with E-state index in [1.807, 2.05) is 74.5 Å². The van der Waals surface area contributed by atoms with E-state index in [-0.39, 0.29) is 12.0 Å². The zero-order valence-electron chi connectivity index (χ0n) is 14.7. The molecule has 2 aromatic rings. The van der Waals surface area contributed by atoms with Crippen molar-refractivity contribution in [1.82, 2.24) is 4.31 Å². The van der Waals surface area contributed by atoms with Gasteiger partial charge in [-0.15, -0.1) is 4.31 Å². The number of benzene rings is 2. The first kappa shape index (κ1) is 18.3. The molecule has 2 aromatic carbocycles. The van der Waals surface area contributed by atoms with Crippen LogP contribution in [0.5, 0.6) is 0 Å². The van der Waals surface area contributed by atoms with E-state index in [9.17, 15) is 8.76 Å². The molecule has 1 aliphatic rings. The molecule has 0 spiro atoms. The van der Waals surface area contributed by atoms with Crippen LogP contribution >= 0.6 is 0 Å². The molecule has 0 aromatic heterocycles. The number of sulfonamides is 1. The maximum absolute atomic E-state index is 13.0. The summed E-state index contributed by atoms with van der Waals surface area (Å²) in [7, 11) is -3.37. The minimum absolute atomic E-state index is 0.0460. The number of nitrogens with zero attached hydrogens (tertiary/aromatic N) is 1. The van der Waals surface area contributed by atoms with E-state index in [4.69, 9.17) is 4.74 Å². The van der Waals surface area contributed by atoms with Crippen molar-refractivity contribution in [2.75, 3.05) is 13.2 Å². The van der Waals surface area contributed by atoms with Gasteiger partial charge < -0.3 is 9.29 Å². The number of hydrogen-bond donors (Lipinski definition) is 0. The third kappa shape index (κ3) is 4.01. The predicted octanol–water partition coefficient (Wildman–Crippen LogP) is 3.83. The number of hydrogen-bond acceptors (Lipinski definition) is 3. The van der Waals surface area contributed by atoms with Crippen molar-refractivity contribution in [2.24, 2.45) is 5.92 Å². The Labute approximate surface area is 151 Å². The first-order valence-corrected chi connectivity index (χ1v) is 10.2. The monoisotopic (exact) mass is 359 g/mol. The Morgan fingerprint density at radius 3 is 2.32 bits per heavy atom. The second-order valence-electron chi connectivity index (χ2n) is 6.80. The van der Waals surface area contributed by atoms with Crippen molar-refractivity contribution >= 4 is 10.4 Å². The Balaban J connectivity index is 1.77. The first-order chi connectivity index (χ1) is 12.0. The minimum atomic E-state index is -3.37. The van der Waals surface area contributed by atoms with Gasteiger partial charge in [0.15, 0.2) is 5.25 Å². The maximum Gasteiger partial charge on any atom is 0.169 e. The van der Waals surface area contributed by atoms with Gasteiger partial charge in [-0.25, -0.2) is 0 Å². The lowest BCUT2D eigenvalue weighted by Gasteiger charge is -2.27. The average molecular weight is 359 g/mol. The maximum atomic E-state index is 13.0. The molecule has 1 fully saturated rings. The topological polar surface area (TPSA) is 52.6 Å². The third-order valence-corrected chi connectivity index (χ3v) is 7.16. The molecule has 0 N–H and O–H groups in total. The van der Waals surface area contributed by atoms with E-state index in [2.05, 4.69) is 0 Å². The lowest BCUT2D eigenvalue weighted by Crippen LogP contribution is -2.37. The Bertz CT molecular complexity index is 720. The SMILES string of the molecule is CC(C)N1C[C@@H](COCc2ccccc2)[C@H](c2ccccc2)[S+]1(=O)[O-]. The Morgan fingerprint density at radius 2 is 1.72 bits per heavy atom. The van der Waals surface area contributed by atoms with Crippen molar-refractivity contribution in [3.05, 3.63) is 71.8 Å². The smallest absolute Gasteiger partial charge is 0.169 e. The highest BCUT2D eigenvalue weighted by Gasteiger charge is 2.52. The number of ether oxygens (including phenoxy) is 1. The molecule has 134 valence electrons. The van der Waals surface area contributed by atoms with Crippen molar-refractivity contribution in [1.29, 1.82) is 0 Å². The van der Waals surface area contributed by atoms with Crippen LogP contribution in [0.15, 0.2) is 60.7 Å². The molecule has 3 rings (SSSR count). The summed E-state index contributed by atoms with van der Waals surface area (Å²) in [6.45, 7) is 5.28. The lowest BCUT2D eigenvalue weighted by atomic mass is 9.99. The van der Waals surface area contributed by atoms with Gasteiger partial charge in [-0.05, 0) is 19.4 Å². The third-order valence-electron chi connectivity index (χ3n) is 4.64. The van der Waals surface area contributed by atoms with Gasteiger partial charge in [-0.3, -0.25) is 0 Å². The second kappa shape index (κ2) is 7.79. The summed E-state index contributed by atoms with van der Waals surface area (Å²) in [5.41, 5.74) is 1.94. The summed E-state index contributed by atoms with van der Waals surface area (Å²) < 4.78 is 33.6. The molecule has 1 unspecified atom stereocenters. The van der Waals surface area contributed by atoms with Gasteiger partial charge >= 0.3 is 0 Å². The summed E-state index contributed by atoms with van der Waals surface area (Å²) in [5.74, 6) is -0.0708. The van der Waals surface area contributed by atoms with Crippen LogP contribution in [0, 0.1) is 5.92 Å². The molecule has 1 aliphatic heterocycles. The first-order valence-electron chi connectivity index (χ1n) is 8.67. The van der Waals surface area contributed by atoms with E-state index in [1.165, 1.54) is 0 Å². The zero-order valence-corrected chi connectivity index (χ0v) is 15.5. The van der Waals surface area contributed by atoms with E-state index < -0.39 is 15.6 Å². The number of rotatable bonds is 6. The Kier molecular flexibility index (Phi) is 5.69. The molecule has 1 saturated heterocycles. The average Bonchev–Trinajstić information content (AvgIpc) is 2.87. The van der Waals surface area contributed by atoms with E-state index in [0.717, 1.165) is 11.1 Å². The minimum Gasteiger partial charge on any atom is -0.597 e. The zero-order chi connectivity index (χ0) is 17.9. The highest BCUT2D eigenvalue weighted by Crippen LogP contribution is 2.44. The van der Waals surface area contributed by atoms with E-state index in [0.29, 0.717) is 19.8 Å². The van der Waals surface area contributed by atoms with Gasteiger partial charge in [-0.2, -0.15) is 0 Å². The van der Waals surface area contributed by atoms with Crippen LogP contribution in [-0.2, 0) is 26.0 Å². The summed E-state index contributed by atoms with van der Waals surface area (Å²) in [4.78, 5) is 0. The fourth-order valence-electron chi connectivity index (χ4n) is 3.45. The molecular formula is C20H25NO3S. The van der Waals surface area contributed by atoms with Crippen LogP contribution in [0.4, 0.5) is 0 Å². The molecule has 0 aliphatic carbocycles. The van der Waals surface area contributed by atoms with Crippen molar-refractivity contribution in [3.63, 3.8) is 0 Å². The molecule has 1 heterocycles. The summed E-state index contributed by atoms with van der Waals surface area (Å²) in [5, 5.41) is -0.535. The van der Waals surface area contributed by atoms with Crippen molar-refractivity contribution < 1.29 is 13.5 Å². The predicted molar refractivity (Wildman–Crippen MR) is 99.4 cm³/mol. The molecule has 25 heavy (non-hydrogen) atoms. The van der Waals surface area contributed by atoms with Crippen LogP contribution in [0.25, 0.3) is 0 Å². The lowest BCUT2D eigenvalue weighted by molar-refractivity contribution is 0.0836. The second-order valence-corrected chi connectivity index (χ2v) is 8.81. The standard InChI is InChI=1S/C20H25NO3S/c1-16(2)21-13-19(15-24-14-17-9-5-3-6-10-17)20(25(21,22)23)18-11-7-4-8-12-18/h3-12,16,19-20H,13-15H2,1-2H3/t19-,20-/m0/s1. The van der Waals surface area contributed by atoms with Gasteiger partial charge in [0.25, 0.3) is 0 Å². The Hall–Kier alpha value is -1.53. The largest absolute Gasteiger partial charge is 0.597 e. The molecule has 3 atom stereocenters. The summed E-state index contributed by atoms with van der Waals surface area (Å²) in [6.07, 6.45) is 0. The summed E-state index contributed by atoms with van der Waals surface area (Å²) in [6, 6.07) is 19.4. The van der Waals surface area contributed by atoms with Crippen LogP contribution in [-0.4, -0.2) is 28.1 Å². The van der Waals surface area contributed by atoms with Crippen LogP contribution in [0.3, 0.4) is 0 Å². The molecule has 4 nitrogen and oxygen atoms in total. The quantitative estimate of drug-likeness (QED) is 0.737. The van der Waals surface area contributed by atoms with Gasteiger partial charge in [0.1, 0.15) is 10.4 Å². The fraction of sp³-hybridized carbons (Fsp3) is 0.400. The molecule has 0 amide bonds. The summed E-state index contributed by atoms with van der Waals surface area (Å²) >= 11 is 0. The highest BCUT2D eigenvalue weighted by molar-refractivity contribution is 7.95. The molecule has 0 radical (unpaired) electrons. The fourth-order valence-corrected chi connectivity index (χ4v) is 5.88. The van der Waals surface area contributed by atoms with Crippen LogP contribution < -0.4 is 0 Å². The van der Waals surface area contributed by atoms with Crippen molar-refractivity contribution in [3.8, 4) is 0 Å².